The number of hydrogen-bond acceptors (Lipinski definition) is 4. The zero-order valence-corrected chi connectivity index (χ0v) is 11.2. The van der Waals surface area contributed by atoms with Gasteiger partial charge in [0, 0.05) is 18.1 Å². The van der Waals surface area contributed by atoms with E-state index < -0.39 is 17.8 Å². The van der Waals surface area contributed by atoms with Crippen LogP contribution in [-0.4, -0.2) is 34.3 Å². The van der Waals surface area contributed by atoms with E-state index in [0.29, 0.717) is 6.42 Å². The van der Waals surface area contributed by atoms with Gasteiger partial charge in [-0.05, 0) is 18.1 Å². The second-order valence-electron chi connectivity index (χ2n) is 4.82. The Morgan fingerprint density at radius 3 is 2.76 bits per heavy atom. The number of imide groups is 2. The van der Waals surface area contributed by atoms with Crippen molar-refractivity contribution in [2.75, 3.05) is 6.54 Å². The Morgan fingerprint density at radius 1 is 1.14 bits per heavy atom. The Morgan fingerprint density at radius 2 is 1.95 bits per heavy atom. The van der Waals surface area contributed by atoms with Crippen molar-refractivity contribution in [2.45, 2.75) is 12.8 Å². The number of benzene rings is 1. The third kappa shape index (κ3) is 2.60. The molecule has 1 aromatic heterocycles. The molecule has 0 unspecified atom stereocenters. The molecule has 2 heterocycles. The molecule has 0 atom stereocenters. The topological polar surface area (TPSA) is 79.4 Å². The molecule has 2 aromatic rings. The molecule has 1 aromatic carbocycles. The summed E-state index contributed by atoms with van der Waals surface area (Å²) in [6, 6.07) is 8.98. The average Bonchev–Trinajstić information content (AvgIpc) is 2.46. The summed E-state index contributed by atoms with van der Waals surface area (Å²) in [5.41, 5.74) is 1.83. The second kappa shape index (κ2) is 5.32. The minimum Gasteiger partial charge on any atom is -0.277 e. The molecule has 0 radical (unpaired) electrons. The van der Waals surface area contributed by atoms with Gasteiger partial charge in [0.1, 0.15) is 6.42 Å². The number of carbonyl (C=O) groups is 3. The highest BCUT2D eigenvalue weighted by molar-refractivity contribution is 6.14. The smallest absolute Gasteiger partial charge is 0.277 e. The minimum absolute atomic E-state index is 0.230. The molecule has 21 heavy (non-hydrogen) atoms. The van der Waals surface area contributed by atoms with Gasteiger partial charge in [0.05, 0.1) is 5.52 Å². The van der Waals surface area contributed by atoms with Crippen LogP contribution in [0.1, 0.15) is 12.0 Å². The number of para-hydroxylation sites is 1. The molecule has 0 bridgehead atoms. The molecule has 1 aliphatic heterocycles. The molecule has 1 fully saturated rings. The van der Waals surface area contributed by atoms with E-state index >= 15 is 0 Å². The van der Waals surface area contributed by atoms with Crippen LogP contribution in [0.5, 0.6) is 0 Å². The SMILES string of the molecule is O=C1CC(=O)N(CCc2cccc3cccnc23)C(=O)N1. The predicted octanol–water partition coefficient (Wildman–Crippen LogP) is 1.25. The molecule has 1 aliphatic rings. The number of nitrogens with zero attached hydrogens (tertiary/aromatic N) is 2. The van der Waals surface area contributed by atoms with Gasteiger partial charge in [-0.15, -0.1) is 0 Å². The number of carbonyl (C=O) groups excluding carboxylic acids is 3. The van der Waals surface area contributed by atoms with Crippen LogP contribution in [0.2, 0.25) is 0 Å². The lowest BCUT2D eigenvalue weighted by molar-refractivity contribution is -0.136. The lowest BCUT2D eigenvalue weighted by Gasteiger charge is -2.24. The van der Waals surface area contributed by atoms with E-state index in [1.807, 2.05) is 30.3 Å². The van der Waals surface area contributed by atoms with Gasteiger partial charge in [0.25, 0.3) is 0 Å². The van der Waals surface area contributed by atoms with E-state index in [4.69, 9.17) is 0 Å². The fraction of sp³-hybridized carbons (Fsp3) is 0.200. The summed E-state index contributed by atoms with van der Waals surface area (Å²) in [5, 5.41) is 3.16. The summed E-state index contributed by atoms with van der Waals surface area (Å²) in [6.07, 6.45) is 1.94. The maximum Gasteiger partial charge on any atom is 0.330 e. The summed E-state index contributed by atoms with van der Waals surface area (Å²) in [5.74, 6) is -1.01. The lowest BCUT2D eigenvalue weighted by Crippen LogP contribution is -2.53. The molecule has 3 rings (SSSR count). The van der Waals surface area contributed by atoms with Crippen molar-refractivity contribution >= 4 is 28.7 Å². The summed E-state index contributed by atoms with van der Waals surface area (Å²) < 4.78 is 0. The first kappa shape index (κ1) is 13.2. The molecule has 0 aliphatic carbocycles. The number of nitrogens with one attached hydrogen (secondary N) is 1. The monoisotopic (exact) mass is 283 g/mol. The first-order valence-corrected chi connectivity index (χ1v) is 6.62. The first-order valence-electron chi connectivity index (χ1n) is 6.62. The van der Waals surface area contributed by atoms with Gasteiger partial charge in [-0.3, -0.25) is 24.8 Å². The van der Waals surface area contributed by atoms with E-state index in [9.17, 15) is 14.4 Å². The Bertz CT molecular complexity index is 717. The minimum atomic E-state index is -0.649. The Kier molecular flexibility index (Phi) is 3.35. The third-order valence-corrected chi connectivity index (χ3v) is 3.43. The molecule has 0 saturated carbocycles. The van der Waals surface area contributed by atoms with Crippen LogP contribution in [0.3, 0.4) is 0 Å². The molecule has 6 nitrogen and oxygen atoms in total. The van der Waals surface area contributed by atoms with Gasteiger partial charge < -0.3 is 0 Å². The number of amides is 4. The number of aromatic nitrogens is 1. The van der Waals surface area contributed by atoms with Crippen LogP contribution in [-0.2, 0) is 16.0 Å². The Balaban J connectivity index is 1.79. The summed E-state index contributed by atoms with van der Waals surface area (Å²) in [4.78, 5) is 39.9. The van der Waals surface area contributed by atoms with Crippen LogP contribution in [0.4, 0.5) is 4.79 Å². The molecule has 4 amide bonds. The predicted molar refractivity (Wildman–Crippen MR) is 75.3 cm³/mol. The number of rotatable bonds is 3. The fourth-order valence-corrected chi connectivity index (χ4v) is 2.40. The quantitative estimate of drug-likeness (QED) is 0.860. The number of barbiturate groups is 1. The van der Waals surface area contributed by atoms with Crippen LogP contribution < -0.4 is 5.32 Å². The summed E-state index contributed by atoms with van der Waals surface area (Å²) >= 11 is 0. The standard InChI is InChI=1S/C15H13N3O3/c19-12-9-13(20)18(15(21)17-12)8-6-11-4-1-3-10-5-2-7-16-14(10)11/h1-5,7H,6,8-9H2,(H,17,19,21). The van der Waals surface area contributed by atoms with Crippen molar-refractivity contribution in [1.29, 1.82) is 0 Å². The highest BCUT2D eigenvalue weighted by Gasteiger charge is 2.30. The number of fused-ring (bicyclic) bond motifs is 1. The fourth-order valence-electron chi connectivity index (χ4n) is 2.40. The van der Waals surface area contributed by atoms with Crippen molar-refractivity contribution in [3.63, 3.8) is 0 Å². The van der Waals surface area contributed by atoms with Gasteiger partial charge in [0.2, 0.25) is 11.8 Å². The van der Waals surface area contributed by atoms with Gasteiger partial charge in [-0.25, -0.2) is 4.79 Å². The van der Waals surface area contributed by atoms with E-state index in [-0.39, 0.29) is 13.0 Å². The van der Waals surface area contributed by atoms with Crippen LogP contribution >= 0.6 is 0 Å². The van der Waals surface area contributed by atoms with E-state index in [0.717, 1.165) is 21.4 Å². The maximum absolute atomic E-state index is 11.7. The number of pyridine rings is 1. The molecular weight excluding hydrogens is 270 g/mol. The highest BCUT2D eigenvalue weighted by atomic mass is 16.2. The molecule has 0 spiro atoms. The van der Waals surface area contributed by atoms with Crippen molar-refractivity contribution in [3.05, 3.63) is 42.1 Å². The Labute approximate surface area is 120 Å². The van der Waals surface area contributed by atoms with Gasteiger partial charge >= 0.3 is 6.03 Å². The third-order valence-electron chi connectivity index (χ3n) is 3.43. The van der Waals surface area contributed by atoms with Gasteiger partial charge in [-0.1, -0.05) is 24.3 Å². The van der Waals surface area contributed by atoms with Crippen LogP contribution in [0.25, 0.3) is 10.9 Å². The first-order chi connectivity index (χ1) is 10.1. The van der Waals surface area contributed by atoms with E-state index in [1.165, 1.54) is 0 Å². The molecule has 1 saturated heterocycles. The van der Waals surface area contributed by atoms with E-state index in [2.05, 4.69) is 10.3 Å². The van der Waals surface area contributed by atoms with Crippen LogP contribution in [0.15, 0.2) is 36.5 Å². The molecule has 106 valence electrons. The highest BCUT2D eigenvalue weighted by Crippen LogP contribution is 2.17. The van der Waals surface area contributed by atoms with Crippen molar-refractivity contribution in [1.82, 2.24) is 15.2 Å². The van der Waals surface area contributed by atoms with Crippen molar-refractivity contribution in [2.24, 2.45) is 0 Å². The lowest BCUT2D eigenvalue weighted by atomic mass is 10.1. The zero-order valence-electron chi connectivity index (χ0n) is 11.2. The Hall–Kier alpha value is -2.76. The number of hydrogen-bond donors (Lipinski definition) is 1. The summed E-state index contributed by atoms with van der Waals surface area (Å²) in [6.45, 7) is 0.230. The summed E-state index contributed by atoms with van der Waals surface area (Å²) in [7, 11) is 0. The largest absolute Gasteiger partial charge is 0.330 e. The molecule has 6 heteroatoms. The van der Waals surface area contributed by atoms with Crippen molar-refractivity contribution in [3.8, 4) is 0 Å². The van der Waals surface area contributed by atoms with Crippen LogP contribution in [0, 0.1) is 0 Å². The van der Waals surface area contributed by atoms with Gasteiger partial charge in [0.15, 0.2) is 0 Å². The molecular formula is C15H13N3O3. The zero-order chi connectivity index (χ0) is 14.8. The number of urea groups is 1. The van der Waals surface area contributed by atoms with Crippen molar-refractivity contribution < 1.29 is 14.4 Å². The molecule has 1 N–H and O–H groups in total. The van der Waals surface area contributed by atoms with E-state index in [1.54, 1.807) is 6.20 Å². The second-order valence-corrected chi connectivity index (χ2v) is 4.82. The average molecular weight is 283 g/mol. The van der Waals surface area contributed by atoms with Gasteiger partial charge in [-0.2, -0.15) is 0 Å². The normalized spacial score (nSPS) is 15.4. The maximum atomic E-state index is 11.7.